The molecule has 2 atom stereocenters. The Morgan fingerprint density at radius 1 is 1.13 bits per heavy atom. The highest BCUT2D eigenvalue weighted by Gasteiger charge is 2.27. The molecule has 2 aliphatic rings. The summed E-state index contributed by atoms with van der Waals surface area (Å²) < 4.78 is 5.33. The smallest absolute Gasteiger partial charge is 0.407 e. The van der Waals surface area contributed by atoms with Gasteiger partial charge in [-0.2, -0.15) is 0 Å². The lowest BCUT2D eigenvalue weighted by molar-refractivity contribution is 0.0505. The summed E-state index contributed by atoms with van der Waals surface area (Å²) in [4.78, 5) is 14.3. The lowest BCUT2D eigenvalue weighted by Crippen LogP contribution is -2.40. The average Bonchev–Trinajstić information content (AvgIpc) is 3.07. The molecule has 0 saturated heterocycles. The first kappa shape index (κ1) is 18.5. The van der Waals surface area contributed by atoms with E-state index >= 15 is 0 Å². The molecule has 0 bridgehead atoms. The van der Waals surface area contributed by atoms with Crippen LogP contribution in [0.25, 0.3) is 0 Å². The third-order valence-electron chi connectivity index (χ3n) is 5.00. The predicted octanol–water partition coefficient (Wildman–Crippen LogP) is 2.90. The number of nitrogens with one attached hydrogen (secondary N) is 2. The van der Waals surface area contributed by atoms with E-state index in [9.17, 15) is 4.79 Å². The van der Waals surface area contributed by atoms with Crippen molar-refractivity contribution in [2.45, 2.75) is 89.4 Å². The second-order valence-electron chi connectivity index (χ2n) is 8.23. The van der Waals surface area contributed by atoms with Crippen molar-refractivity contribution in [3.63, 3.8) is 0 Å². The van der Waals surface area contributed by atoms with E-state index in [4.69, 9.17) is 4.74 Å². The molecule has 2 aliphatic carbocycles. The normalized spacial score (nSPS) is 26.0. The van der Waals surface area contributed by atoms with Crippen molar-refractivity contribution in [1.29, 1.82) is 0 Å². The van der Waals surface area contributed by atoms with Crippen molar-refractivity contribution >= 4 is 6.09 Å². The second-order valence-corrected chi connectivity index (χ2v) is 8.23. The van der Waals surface area contributed by atoms with Gasteiger partial charge in [0.15, 0.2) is 0 Å². The maximum atomic E-state index is 11.8. The highest BCUT2D eigenvalue weighted by Crippen LogP contribution is 2.22. The molecular weight excluding hydrogens is 290 g/mol. The quantitative estimate of drug-likeness (QED) is 0.788. The maximum Gasteiger partial charge on any atom is 0.407 e. The van der Waals surface area contributed by atoms with E-state index in [0.29, 0.717) is 6.04 Å². The molecule has 0 aromatic heterocycles. The Morgan fingerprint density at radius 2 is 1.78 bits per heavy atom. The van der Waals surface area contributed by atoms with Crippen LogP contribution in [0.15, 0.2) is 0 Å². The third-order valence-corrected chi connectivity index (χ3v) is 5.00. The van der Waals surface area contributed by atoms with Gasteiger partial charge in [0, 0.05) is 31.2 Å². The number of nitrogens with zero attached hydrogens (tertiary/aromatic N) is 1. The molecule has 2 saturated carbocycles. The Morgan fingerprint density at radius 3 is 2.43 bits per heavy atom. The lowest BCUT2D eigenvalue weighted by Gasteiger charge is -2.25. The Bertz CT molecular complexity index is 375. The second kappa shape index (κ2) is 8.34. The summed E-state index contributed by atoms with van der Waals surface area (Å²) in [5.74, 6) is 0. The number of alkyl carbamates (subject to hydrolysis) is 1. The number of carbonyl (C=O) groups is 1. The fraction of sp³-hybridized carbons (Fsp3) is 0.944. The topological polar surface area (TPSA) is 53.6 Å². The van der Waals surface area contributed by atoms with Crippen LogP contribution >= 0.6 is 0 Å². The van der Waals surface area contributed by atoms with Gasteiger partial charge in [-0.1, -0.05) is 12.8 Å². The van der Waals surface area contributed by atoms with Gasteiger partial charge in [0.1, 0.15) is 5.60 Å². The van der Waals surface area contributed by atoms with Crippen molar-refractivity contribution in [1.82, 2.24) is 15.5 Å². The van der Waals surface area contributed by atoms with Crippen molar-refractivity contribution in [3.8, 4) is 0 Å². The van der Waals surface area contributed by atoms with Crippen LogP contribution in [0.2, 0.25) is 0 Å². The molecule has 0 aromatic carbocycles. The van der Waals surface area contributed by atoms with E-state index in [1.165, 1.54) is 25.7 Å². The van der Waals surface area contributed by atoms with Crippen LogP contribution in [-0.4, -0.2) is 54.9 Å². The van der Waals surface area contributed by atoms with Gasteiger partial charge in [0.05, 0.1) is 0 Å². The zero-order chi connectivity index (χ0) is 16.9. The van der Waals surface area contributed by atoms with E-state index in [2.05, 4.69) is 22.6 Å². The van der Waals surface area contributed by atoms with Crippen molar-refractivity contribution in [3.05, 3.63) is 0 Å². The van der Waals surface area contributed by atoms with Gasteiger partial charge in [-0.3, -0.25) is 0 Å². The standard InChI is InChI=1S/C18H35N3O2/c1-18(2,3)23-17(22)20-15-10-9-14(13-15)19-11-12-21(4)16-7-5-6-8-16/h14-16,19H,5-13H2,1-4H3,(H,20,22). The maximum absolute atomic E-state index is 11.8. The molecule has 0 aromatic rings. The Balaban J connectivity index is 1.59. The van der Waals surface area contributed by atoms with E-state index in [1.807, 2.05) is 20.8 Å². The number of hydrogen-bond donors (Lipinski definition) is 2. The highest BCUT2D eigenvalue weighted by molar-refractivity contribution is 5.68. The van der Waals surface area contributed by atoms with E-state index in [1.54, 1.807) is 0 Å². The summed E-state index contributed by atoms with van der Waals surface area (Å²) in [6.07, 6.45) is 8.40. The summed E-state index contributed by atoms with van der Waals surface area (Å²) in [5.41, 5.74) is -0.425. The summed E-state index contributed by atoms with van der Waals surface area (Å²) in [6.45, 7) is 7.84. The molecule has 0 spiro atoms. The Hall–Kier alpha value is -0.810. The minimum Gasteiger partial charge on any atom is -0.444 e. The number of rotatable bonds is 6. The van der Waals surface area contributed by atoms with E-state index < -0.39 is 5.60 Å². The molecule has 2 rings (SSSR count). The Labute approximate surface area is 141 Å². The summed E-state index contributed by atoms with van der Waals surface area (Å²) in [6, 6.07) is 1.56. The molecule has 0 radical (unpaired) electrons. The van der Waals surface area contributed by atoms with Gasteiger partial charge in [0.2, 0.25) is 0 Å². The van der Waals surface area contributed by atoms with Crippen LogP contribution in [0.4, 0.5) is 4.79 Å². The predicted molar refractivity (Wildman–Crippen MR) is 93.7 cm³/mol. The summed E-state index contributed by atoms with van der Waals surface area (Å²) in [5, 5.41) is 6.65. The van der Waals surface area contributed by atoms with Gasteiger partial charge in [-0.15, -0.1) is 0 Å². The van der Waals surface area contributed by atoms with Gasteiger partial charge in [0.25, 0.3) is 0 Å². The van der Waals surface area contributed by atoms with Crippen molar-refractivity contribution in [2.24, 2.45) is 0 Å². The first-order valence-corrected chi connectivity index (χ1v) is 9.26. The van der Waals surface area contributed by atoms with Gasteiger partial charge < -0.3 is 20.3 Å². The summed E-state index contributed by atoms with van der Waals surface area (Å²) in [7, 11) is 2.25. The number of carbonyl (C=O) groups excluding carboxylic acids is 1. The third kappa shape index (κ3) is 6.68. The van der Waals surface area contributed by atoms with Gasteiger partial charge >= 0.3 is 6.09 Å². The number of amides is 1. The first-order valence-electron chi connectivity index (χ1n) is 9.26. The van der Waals surface area contributed by atoms with Crippen molar-refractivity contribution < 1.29 is 9.53 Å². The molecule has 23 heavy (non-hydrogen) atoms. The fourth-order valence-corrected chi connectivity index (χ4v) is 3.74. The molecule has 2 fully saturated rings. The zero-order valence-electron chi connectivity index (χ0n) is 15.4. The minimum absolute atomic E-state index is 0.245. The molecule has 1 amide bonds. The molecular formula is C18H35N3O2. The number of hydrogen-bond acceptors (Lipinski definition) is 4. The van der Waals surface area contributed by atoms with Crippen LogP contribution in [0.1, 0.15) is 65.7 Å². The van der Waals surface area contributed by atoms with Crippen LogP contribution in [0, 0.1) is 0 Å². The average molecular weight is 325 g/mol. The van der Waals surface area contributed by atoms with Gasteiger partial charge in [-0.05, 0) is 59.9 Å². The van der Waals surface area contributed by atoms with E-state index in [0.717, 1.165) is 38.4 Å². The monoisotopic (exact) mass is 325 g/mol. The molecule has 134 valence electrons. The van der Waals surface area contributed by atoms with Crippen LogP contribution in [-0.2, 0) is 4.74 Å². The highest BCUT2D eigenvalue weighted by atomic mass is 16.6. The Kier molecular flexibility index (Phi) is 6.72. The number of likely N-dealkylation sites (N-methyl/N-ethyl adjacent to an activating group) is 1. The van der Waals surface area contributed by atoms with Gasteiger partial charge in [-0.25, -0.2) is 4.79 Å². The number of ether oxygens (including phenoxy) is 1. The van der Waals surface area contributed by atoms with Crippen LogP contribution in [0.3, 0.4) is 0 Å². The minimum atomic E-state index is -0.425. The summed E-state index contributed by atoms with van der Waals surface area (Å²) >= 11 is 0. The van der Waals surface area contributed by atoms with E-state index in [-0.39, 0.29) is 12.1 Å². The largest absolute Gasteiger partial charge is 0.444 e. The zero-order valence-corrected chi connectivity index (χ0v) is 15.4. The molecule has 0 aliphatic heterocycles. The van der Waals surface area contributed by atoms with Crippen LogP contribution < -0.4 is 10.6 Å². The van der Waals surface area contributed by atoms with Crippen molar-refractivity contribution in [2.75, 3.05) is 20.1 Å². The fourth-order valence-electron chi connectivity index (χ4n) is 3.74. The lowest BCUT2D eigenvalue weighted by atomic mass is 10.2. The molecule has 5 heteroatoms. The molecule has 2 N–H and O–H groups in total. The van der Waals surface area contributed by atoms with Crippen LogP contribution in [0.5, 0.6) is 0 Å². The molecule has 2 unspecified atom stereocenters. The molecule has 0 heterocycles. The first-order chi connectivity index (χ1) is 10.8. The molecule has 5 nitrogen and oxygen atoms in total. The SMILES string of the molecule is CN(CCNC1CCC(NC(=O)OC(C)(C)C)C1)C1CCCC1.